The second kappa shape index (κ2) is 3.53. The van der Waals surface area contributed by atoms with Gasteiger partial charge in [0, 0.05) is 31.6 Å². The van der Waals surface area contributed by atoms with Crippen LogP contribution in [0.5, 0.6) is 0 Å². The summed E-state index contributed by atoms with van der Waals surface area (Å²) < 4.78 is 0. The molecule has 0 radical (unpaired) electrons. The van der Waals surface area contributed by atoms with Gasteiger partial charge in [0.05, 0.1) is 6.17 Å². The standard InChI is InChI=1S/C10H20N4/c1-13-5-10(6-13)7-14(8-10)9(12)3-2-4-11/h2,4,9H,3,5-8,11-12H2,1H3/b4-2-. The molecule has 2 aliphatic rings. The smallest absolute Gasteiger partial charge is 0.0608 e. The maximum absolute atomic E-state index is 6.01. The topological polar surface area (TPSA) is 58.5 Å². The molecule has 14 heavy (non-hydrogen) atoms. The van der Waals surface area contributed by atoms with Crippen LogP contribution in [0.15, 0.2) is 12.3 Å². The zero-order valence-corrected chi connectivity index (χ0v) is 8.82. The van der Waals surface area contributed by atoms with E-state index in [0.29, 0.717) is 5.41 Å². The first-order valence-electron chi connectivity index (χ1n) is 5.20. The maximum atomic E-state index is 6.01. The van der Waals surface area contributed by atoms with Crippen LogP contribution in [0.2, 0.25) is 0 Å². The predicted molar refractivity (Wildman–Crippen MR) is 57.4 cm³/mol. The largest absolute Gasteiger partial charge is 0.405 e. The molecule has 0 aliphatic carbocycles. The summed E-state index contributed by atoms with van der Waals surface area (Å²) >= 11 is 0. The Kier molecular flexibility index (Phi) is 2.51. The average molecular weight is 196 g/mol. The van der Waals surface area contributed by atoms with E-state index in [4.69, 9.17) is 11.5 Å². The summed E-state index contributed by atoms with van der Waals surface area (Å²) in [7, 11) is 2.17. The third kappa shape index (κ3) is 1.65. The van der Waals surface area contributed by atoms with Crippen molar-refractivity contribution in [2.24, 2.45) is 16.9 Å². The van der Waals surface area contributed by atoms with Gasteiger partial charge in [-0.1, -0.05) is 6.08 Å². The fraction of sp³-hybridized carbons (Fsp3) is 0.800. The van der Waals surface area contributed by atoms with E-state index in [1.54, 1.807) is 6.20 Å². The molecule has 1 atom stereocenters. The molecule has 4 N–H and O–H groups in total. The molecule has 0 bridgehead atoms. The molecule has 0 aromatic heterocycles. The van der Waals surface area contributed by atoms with E-state index in [1.165, 1.54) is 13.1 Å². The van der Waals surface area contributed by atoms with Crippen molar-refractivity contribution in [2.45, 2.75) is 12.6 Å². The molecule has 0 saturated carbocycles. The van der Waals surface area contributed by atoms with Crippen LogP contribution in [0.4, 0.5) is 0 Å². The molecule has 0 amide bonds. The zero-order chi connectivity index (χ0) is 10.2. The first-order chi connectivity index (χ1) is 6.65. The number of nitrogens with zero attached hydrogens (tertiary/aromatic N) is 2. The normalized spacial score (nSPS) is 29.0. The number of likely N-dealkylation sites (tertiary alicyclic amines) is 2. The second-order valence-electron chi connectivity index (χ2n) is 4.81. The van der Waals surface area contributed by atoms with Gasteiger partial charge in [-0.25, -0.2) is 0 Å². The fourth-order valence-corrected chi connectivity index (χ4v) is 2.72. The number of hydrogen-bond donors (Lipinski definition) is 2. The van der Waals surface area contributed by atoms with Gasteiger partial charge in [0.1, 0.15) is 0 Å². The Balaban J connectivity index is 1.72. The summed E-state index contributed by atoms with van der Waals surface area (Å²) in [6, 6.07) is 0. The number of nitrogens with two attached hydrogens (primary N) is 2. The van der Waals surface area contributed by atoms with Crippen molar-refractivity contribution in [1.82, 2.24) is 9.80 Å². The van der Waals surface area contributed by atoms with E-state index in [2.05, 4.69) is 16.8 Å². The van der Waals surface area contributed by atoms with Crippen molar-refractivity contribution in [3.8, 4) is 0 Å². The van der Waals surface area contributed by atoms with Crippen LogP contribution in [-0.2, 0) is 0 Å². The minimum Gasteiger partial charge on any atom is -0.405 e. The lowest BCUT2D eigenvalue weighted by atomic mass is 9.73. The van der Waals surface area contributed by atoms with E-state index >= 15 is 0 Å². The lowest BCUT2D eigenvalue weighted by Gasteiger charge is -2.61. The van der Waals surface area contributed by atoms with Crippen LogP contribution in [0, 0.1) is 5.41 Å². The van der Waals surface area contributed by atoms with Crippen LogP contribution in [0.1, 0.15) is 6.42 Å². The summed E-state index contributed by atoms with van der Waals surface area (Å²) in [6.07, 6.45) is 4.53. The molecule has 0 aromatic rings. The molecule has 1 spiro atoms. The second-order valence-corrected chi connectivity index (χ2v) is 4.81. The van der Waals surface area contributed by atoms with E-state index in [1.807, 2.05) is 6.08 Å². The average Bonchev–Trinajstić information content (AvgIpc) is 2.04. The summed E-state index contributed by atoms with van der Waals surface area (Å²) in [5.74, 6) is 0. The van der Waals surface area contributed by atoms with E-state index < -0.39 is 0 Å². The molecule has 2 rings (SSSR count). The van der Waals surface area contributed by atoms with Gasteiger partial charge in [0.25, 0.3) is 0 Å². The Hall–Kier alpha value is -0.580. The number of hydrogen-bond acceptors (Lipinski definition) is 4. The monoisotopic (exact) mass is 196 g/mol. The number of rotatable bonds is 3. The Bertz CT molecular complexity index is 224. The van der Waals surface area contributed by atoms with Crippen molar-refractivity contribution < 1.29 is 0 Å². The highest BCUT2D eigenvalue weighted by atomic mass is 15.3. The van der Waals surface area contributed by atoms with Gasteiger partial charge in [-0.2, -0.15) is 0 Å². The van der Waals surface area contributed by atoms with Crippen molar-refractivity contribution in [1.29, 1.82) is 0 Å². The Morgan fingerprint density at radius 2 is 2.00 bits per heavy atom. The third-order valence-corrected chi connectivity index (χ3v) is 3.27. The van der Waals surface area contributed by atoms with Gasteiger partial charge >= 0.3 is 0 Å². The van der Waals surface area contributed by atoms with Crippen molar-refractivity contribution >= 4 is 0 Å². The lowest BCUT2D eigenvalue weighted by Crippen LogP contribution is -2.73. The van der Waals surface area contributed by atoms with E-state index in [0.717, 1.165) is 19.5 Å². The van der Waals surface area contributed by atoms with E-state index in [9.17, 15) is 0 Å². The SMILES string of the molecule is CN1CC2(C1)CN(C(N)C/C=C\N)C2. The van der Waals surface area contributed by atoms with Crippen LogP contribution in [0.25, 0.3) is 0 Å². The van der Waals surface area contributed by atoms with Gasteiger partial charge < -0.3 is 16.4 Å². The summed E-state index contributed by atoms with van der Waals surface area (Å²) in [5, 5.41) is 0. The molecule has 2 saturated heterocycles. The Morgan fingerprint density at radius 3 is 2.50 bits per heavy atom. The van der Waals surface area contributed by atoms with Crippen molar-refractivity contribution in [2.75, 3.05) is 33.2 Å². The highest BCUT2D eigenvalue weighted by Gasteiger charge is 2.51. The van der Waals surface area contributed by atoms with Gasteiger partial charge in [-0.05, 0) is 19.7 Å². The molecule has 80 valence electrons. The molecular weight excluding hydrogens is 176 g/mol. The fourth-order valence-electron chi connectivity index (χ4n) is 2.72. The molecule has 2 heterocycles. The summed E-state index contributed by atoms with van der Waals surface area (Å²) in [5.41, 5.74) is 11.9. The molecule has 4 nitrogen and oxygen atoms in total. The third-order valence-electron chi connectivity index (χ3n) is 3.27. The molecule has 0 aromatic carbocycles. The lowest BCUT2D eigenvalue weighted by molar-refractivity contribution is -0.119. The van der Waals surface area contributed by atoms with Gasteiger partial charge in [-0.3, -0.25) is 4.90 Å². The quantitative estimate of drug-likeness (QED) is 0.632. The first kappa shape index (κ1) is 9.96. The maximum Gasteiger partial charge on any atom is 0.0608 e. The van der Waals surface area contributed by atoms with Crippen molar-refractivity contribution in [3.63, 3.8) is 0 Å². The molecule has 4 heteroatoms. The predicted octanol–water partition coefficient (Wildman–Crippen LogP) is -0.619. The Labute approximate surface area is 85.5 Å². The summed E-state index contributed by atoms with van der Waals surface area (Å²) in [6.45, 7) is 4.81. The minimum absolute atomic E-state index is 0.159. The van der Waals surface area contributed by atoms with E-state index in [-0.39, 0.29) is 6.17 Å². The van der Waals surface area contributed by atoms with Crippen molar-refractivity contribution in [3.05, 3.63) is 12.3 Å². The van der Waals surface area contributed by atoms with Gasteiger partial charge in [0.15, 0.2) is 0 Å². The van der Waals surface area contributed by atoms with Gasteiger partial charge in [-0.15, -0.1) is 0 Å². The molecule has 2 aliphatic heterocycles. The minimum atomic E-state index is 0.159. The highest BCUT2D eigenvalue weighted by Crippen LogP contribution is 2.39. The molecule has 1 unspecified atom stereocenters. The van der Waals surface area contributed by atoms with Crippen LogP contribution >= 0.6 is 0 Å². The molecular formula is C10H20N4. The van der Waals surface area contributed by atoms with Crippen LogP contribution in [0.3, 0.4) is 0 Å². The van der Waals surface area contributed by atoms with Gasteiger partial charge in [0.2, 0.25) is 0 Å². The Morgan fingerprint density at radius 1 is 1.36 bits per heavy atom. The van der Waals surface area contributed by atoms with Crippen LogP contribution in [-0.4, -0.2) is 49.2 Å². The summed E-state index contributed by atoms with van der Waals surface area (Å²) in [4.78, 5) is 4.70. The van der Waals surface area contributed by atoms with Crippen LogP contribution < -0.4 is 11.5 Å². The highest BCUT2D eigenvalue weighted by molar-refractivity contribution is 5.06. The zero-order valence-electron chi connectivity index (χ0n) is 8.82. The first-order valence-corrected chi connectivity index (χ1v) is 5.20. The molecule has 2 fully saturated rings.